The first-order chi connectivity index (χ1) is 8.63. The minimum atomic E-state index is -0.939. The van der Waals surface area contributed by atoms with Crippen molar-refractivity contribution < 1.29 is 14.7 Å². The summed E-state index contributed by atoms with van der Waals surface area (Å²) in [6.45, 7) is 0.917. The number of amides is 1. The van der Waals surface area contributed by atoms with Crippen molar-refractivity contribution in [2.75, 3.05) is 11.6 Å². The molecule has 0 fully saturated rings. The van der Waals surface area contributed by atoms with Gasteiger partial charge in [0.1, 0.15) is 0 Å². The monoisotopic (exact) mass is 247 g/mol. The third kappa shape index (κ3) is 2.23. The molecule has 94 valence electrons. The maximum atomic E-state index is 12.0. The van der Waals surface area contributed by atoms with Crippen molar-refractivity contribution in [1.29, 1.82) is 0 Å². The van der Waals surface area contributed by atoms with Gasteiger partial charge in [-0.15, -0.1) is 0 Å². The van der Waals surface area contributed by atoms with Gasteiger partial charge in [-0.3, -0.25) is 15.0 Å². The van der Waals surface area contributed by atoms with E-state index in [4.69, 9.17) is 5.11 Å². The van der Waals surface area contributed by atoms with Gasteiger partial charge in [0.2, 0.25) is 0 Å². The fourth-order valence-electron chi connectivity index (χ4n) is 1.61. The largest absolute Gasteiger partial charge is 0.394 e. The summed E-state index contributed by atoms with van der Waals surface area (Å²) in [6, 6.07) is 7.88. The first-order valence-electron chi connectivity index (χ1n) is 5.48. The van der Waals surface area contributed by atoms with Crippen molar-refractivity contribution in [3.63, 3.8) is 0 Å². The van der Waals surface area contributed by atoms with Crippen molar-refractivity contribution in [3.05, 3.63) is 30.3 Å². The van der Waals surface area contributed by atoms with Crippen LogP contribution in [0.25, 0.3) is 0 Å². The molecule has 0 bridgehead atoms. The highest BCUT2D eigenvalue weighted by atomic mass is 16.3. The summed E-state index contributed by atoms with van der Waals surface area (Å²) in [6.07, 6.45) is 0. The van der Waals surface area contributed by atoms with Crippen LogP contribution in [0.2, 0.25) is 0 Å². The first-order valence-corrected chi connectivity index (χ1v) is 5.48. The van der Waals surface area contributed by atoms with Gasteiger partial charge in [0, 0.05) is 6.92 Å². The van der Waals surface area contributed by atoms with E-state index in [1.165, 1.54) is 11.9 Å². The molecule has 0 spiro atoms. The number of hydrogen-bond acceptors (Lipinski definition) is 5. The molecule has 2 rings (SSSR count). The third-order valence-corrected chi connectivity index (χ3v) is 2.53. The molecular formula is C12H13N3O3. The minimum Gasteiger partial charge on any atom is -0.394 e. The van der Waals surface area contributed by atoms with E-state index in [0.29, 0.717) is 5.69 Å². The highest BCUT2D eigenvalue weighted by Gasteiger charge is 2.31. The Morgan fingerprint density at radius 3 is 2.67 bits per heavy atom. The number of ketones is 1. The number of nitrogens with one attached hydrogen (secondary N) is 1. The van der Waals surface area contributed by atoms with E-state index in [1.54, 1.807) is 24.3 Å². The molecule has 6 nitrogen and oxygen atoms in total. The van der Waals surface area contributed by atoms with Crippen molar-refractivity contribution in [3.8, 4) is 0 Å². The summed E-state index contributed by atoms with van der Waals surface area (Å²) in [5.41, 5.74) is 3.25. The molecule has 0 saturated carbocycles. The molecule has 1 aliphatic heterocycles. The summed E-state index contributed by atoms with van der Waals surface area (Å²) in [5, 5.41) is 10.4. The first kappa shape index (κ1) is 12.3. The molecule has 0 aliphatic carbocycles. The smallest absolute Gasteiger partial charge is 0.272 e. The Labute approximate surface area is 104 Å². The molecule has 0 aromatic heterocycles. The van der Waals surface area contributed by atoms with Crippen molar-refractivity contribution in [2.24, 2.45) is 4.99 Å². The lowest BCUT2D eigenvalue weighted by atomic mass is 10.2. The van der Waals surface area contributed by atoms with Gasteiger partial charge in [-0.25, -0.2) is 10.0 Å². The van der Waals surface area contributed by atoms with E-state index < -0.39 is 18.6 Å². The van der Waals surface area contributed by atoms with Crippen LogP contribution in [0.4, 0.5) is 5.69 Å². The number of para-hydroxylation sites is 1. The Morgan fingerprint density at radius 1 is 1.44 bits per heavy atom. The summed E-state index contributed by atoms with van der Waals surface area (Å²) >= 11 is 0. The zero-order valence-electron chi connectivity index (χ0n) is 9.83. The Balaban J connectivity index is 2.36. The van der Waals surface area contributed by atoms with Crippen LogP contribution in [-0.4, -0.2) is 35.3 Å². The van der Waals surface area contributed by atoms with Gasteiger partial charge in [0.05, 0.1) is 12.3 Å². The van der Waals surface area contributed by atoms with Gasteiger partial charge < -0.3 is 5.11 Å². The van der Waals surface area contributed by atoms with Gasteiger partial charge in [0.15, 0.2) is 17.7 Å². The number of carbonyl (C=O) groups is 2. The fourth-order valence-corrected chi connectivity index (χ4v) is 1.61. The van der Waals surface area contributed by atoms with Gasteiger partial charge in [-0.2, -0.15) is 0 Å². The van der Waals surface area contributed by atoms with E-state index in [2.05, 4.69) is 10.4 Å². The normalized spacial score (nSPS) is 19.2. The lowest BCUT2D eigenvalue weighted by molar-refractivity contribution is -0.121. The third-order valence-electron chi connectivity index (χ3n) is 2.53. The maximum absolute atomic E-state index is 12.0. The van der Waals surface area contributed by atoms with Crippen LogP contribution in [0.1, 0.15) is 6.92 Å². The zero-order valence-corrected chi connectivity index (χ0v) is 9.83. The summed E-state index contributed by atoms with van der Waals surface area (Å²) < 4.78 is 0. The molecule has 18 heavy (non-hydrogen) atoms. The molecule has 2 N–H and O–H groups in total. The SMILES string of the molecule is CC(=O)C1=NC(CO)C(=O)N(c2ccccc2)N1. The standard InChI is InChI=1S/C12H13N3O3/c1-8(17)11-13-10(7-16)12(18)15(14-11)9-5-3-2-4-6-9/h2-6,10,16H,7H2,1H3,(H,13,14). The fraction of sp³-hybridized carbons (Fsp3) is 0.250. The van der Waals surface area contributed by atoms with Crippen LogP contribution < -0.4 is 10.4 Å². The number of carbonyl (C=O) groups excluding carboxylic acids is 2. The lowest BCUT2D eigenvalue weighted by Crippen LogP contribution is -2.57. The van der Waals surface area contributed by atoms with Crippen LogP contribution in [0.15, 0.2) is 35.3 Å². The number of anilines is 1. The van der Waals surface area contributed by atoms with E-state index in [-0.39, 0.29) is 11.6 Å². The molecule has 1 aromatic rings. The van der Waals surface area contributed by atoms with Gasteiger partial charge in [-0.1, -0.05) is 18.2 Å². The number of rotatable bonds is 3. The number of hydrogen-bond donors (Lipinski definition) is 2. The van der Waals surface area contributed by atoms with E-state index in [1.807, 2.05) is 6.07 Å². The van der Waals surface area contributed by atoms with Crippen LogP contribution in [0.5, 0.6) is 0 Å². The zero-order chi connectivity index (χ0) is 13.1. The second kappa shape index (κ2) is 4.97. The number of aliphatic hydroxyl groups is 1. The predicted octanol–water partition coefficient (Wildman–Crippen LogP) is -0.114. The topological polar surface area (TPSA) is 82.0 Å². The number of nitrogens with zero attached hydrogens (tertiary/aromatic N) is 2. The van der Waals surface area contributed by atoms with Gasteiger partial charge >= 0.3 is 0 Å². The van der Waals surface area contributed by atoms with E-state index >= 15 is 0 Å². The Morgan fingerprint density at radius 2 is 2.11 bits per heavy atom. The molecule has 1 aliphatic rings. The van der Waals surface area contributed by atoms with Crippen molar-refractivity contribution in [1.82, 2.24) is 5.43 Å². The van der Waals surface area contributed by atoms with Crippen molar-refractivity contribution >= 4 is 23.2 Å². The van der Waals surface area contributed by atoms with Gasteiger partial charge in [0.25, 0.3) is 5.91 Å². The molecule has 6 heteroatoms. The second-order valence-electron chi connectivity index (χ2n) is 3.85. The maximum Gasteiger partial charge on any atom is 0.272 e. The Kier molecular flexibility index (Phi) is 3.38. The summed E-state index contributed by atoms with van der Waals surface area (Å²) in [7, 11) is 0. The predicted molar refractivity (Wildman–Crippen MR) is 66.1 cm³/mol. The van der Waals surface area contributed by atoms with Crippen LogP contribution in [0.3, 0.4) is 0 Å². The second-order valence-corrected chi connectivity index (χ2v) is 3.85. The molecule has 1 aromatic carbocycles. The van der Waals surface area contributed by atoms with E-state index in [0.717, 1.165) is 0 Å². The quantitative estimate of drug-likeness (QED) is 0.780. The number of Topliss-reactive ketones (excluding diaryl/α,β-unsaturated/α-hetero) is 1. The Bertz CT molecular complexity index is 499. The summed E-state index contributed by atoms with van der Waals surface area (Å²) in [4.78, 5) is 27.2. The minimum absolute atomic E-state index is 0.0671. The number of benzene rings is 1. The molecule has 1 unspecified atom stereocenters. The number of aliphatic imine (C=N–C) groups is 1. The molecule has 1 heterocycles. The number of hydrazine groups is 1. The molecule has 0 radical (unpaired) electrons. The average Bonchev–Trinajstić information content (AvgIpc) is 2.39. The molecule has 1 atom stereocenters. The van der Waals surface area contributed by atoms with Crippen LogP contribution >= 0.6 is 0 Å². The van der Waals surface area contributed by atoms with Gasteiger partial charge in [-0.05, 0) is 12.1 Å². The summed E-state index contributed by atoms with van der Waals surface area (Å²) in [5.74, 6) is -0.618. The van der Waals surface area contributed by atoms with Crippen LogP contribution in [0, 0.1) is 0 Å². The molecule has 1 amide bonds. The highest BCUT2D eigenvalue weighted by molar-refractivity contribution is 6.39. The Hall–Kier alpha value is -2.21. The van der Waals surface area contributed by atoms with Crippen LogP contribution in [-0.2, 0) is 9.59 Å². The van der Waals surface area contributed by atoms with Crippen molar-refractivity contribution in [2.45, 2.75) is 13.0 Å². The lowest BCUT2D eigenvalue weighted by Gasteiger charge is -2.30. The number of aliphatic hydroxyl groups excluding tert-OH is 1. The number of amidine groups is 1. The van der Waals surface area contributed by atoms with E-state index in [9.17, 15) is 9.59 Å². The highest BCUT2D eigenvalue weighted by Crippen LogP contribution is 2.15. The molecular weight excluding hydrogens is 234 g/mol. The molecule has 0 saturated heterocycles. The average molecular weight is 247 g/mol.